The van der Waals surface area contributed by atoms with Gasteiger partial charge >= 0.3 is 0 Å². The Morgan fingerprint density at radius 3 is 2.26 bits per heavy atom. The Morgan fingerprint density at radius 2 is 1.70 bits per heavy atom. The van der Waals surface area contributed by atoms with Gasteiger partial charge in [0.1, 0.15) is 0 Å². The average Bonchev–Trinajstić information content (AvgIpc) is 2.55. The zero-order chi connectivity index (χ0) is 16.9. The molecule has 0 fully saturated rings. The molecule has 0 aromatic heterocycles. The van der Waals surface area contributed by atoms with E-state index in [1.54, 1.807) is 49.2 Å². The summed E-state index contributed by atoms with van der Waals surface area (Å²) < 4.78 is 25.9. The Morgan fingerprint density at radius 1 is 1.09 bits per heavy atom. The molecule has 0 aliphatic rings. The molecule has 3 nitrogen and oxygen atoms in total. The number of halogens is 1. The molecular formula is C17H18ClNO2S2. The standard InChI is InChI=1S/C17H18ClNO2S2/c1-19(13-15-5-9-17(22-2)10-6-15)23(20,21)12-11-14-3-7-16(18)8-4-14/h3-12H,13H2,1-2H3/b12-11+. The van der Waals surface area contributed by atoms with Crippen LogP contribution in [0.1, 0.15) is 11.1 Å². The summed E-state index contributed by atoms with van der Waals surface area (Å²) in [5.74, 6) is 0. The molecular weight excluding hydrogens is 350 g/mol. The molecule has 122 valence electrons. The van der Waals surface area contributed by atoms with Gasteiger partial charge in [-0.2, -0.15) is 4.31 Å². The molecule has 0 amide bonds. The predicted molar refractivity (Wildman–Crippen MR) is 99.1 cm³/mol. The van der Waals surface area contributed by atoms with Crippen molar-refractivity contribution < 1.29 is 8.42 Å². The minimum atomic E-state index is -3.47. The van der Waals surface area contributed by atoms with E-state index in [0.29, 0.717) is 11.6 Å². The first-order valence-electron chi connectivity index (χ1n) is 6.93. The second-order valence-corrected chi connectivity index (χ2v) is 8.24. The lowest BCUT2D eigenvalue weighted by Gasteiger charge is -2.14. The molecule has 0 spiro atoms. The van der Waals surface area contributed by atoms with E-state index in [1.807, 2.05) is 30.5 Å². The van der Waals surface area contributed by atoms with Crippen LogP contribution in [0, 0.1) is 0 Å². The maximum Gasteiger partial charge on any atom is 0.236 e. The van der Waals surface area contributed by atoms with Crippen molar-refractivity contribution in [3.8, 4) is 0 Å². The molecule has 6 heteroatoms. The summed E-state index contributed by atoms with van der Waals surface area (Å²) in [4.78, 5) is 1.15. The first kappa shape index (κ1) is 18.1. The molecule has 2 aromatic carbocycles. The summed E-state index contributed by atoms with van der Waals surface area (Å²) in [5, 5.41) is 1.84. The van der Waals surface area contributed by atoms with Gasteiger partial charge in [-0.05, 0) is 47.7 Å². The smallest absolute Gasteiger partial charge is 0.208 e. The Balaban J connectivity index is 2.06. The van der Waals surface area contributed by atoms with Crippen molar-refractivity contribution in [3.63, 3.8) is 0 Å². The van der Waals surface area contributed by atoms with E-state index in [0.717, 1.165) is 16.0 Å². The molecule has 2 rings (SSSR count). The van der Waals surface area contributed by atoms with Gasteiger partial charge in [0, 0.05) is 28.9 Å². The molecule has 0 bridgehead atoms. The van der Waals surface area contributed by atoms with Crippen LogP contribution < -0.4 is 0 Å². The van der Waals surface area contributed by atoms with Gasteiger partial charge in [-0.3, -0.25) is 0 Å². The minimum absolute atomic E-state index is 0.335. The maximum atomic E-state index is 12.3. The second kappa shape index (κ2) is 8.02. The van der Waals surface area contributed by atoms with Crippen molar-refractivity contribution in [3.05, 3.63) is 70.1 Å². The van der Waals surface area contributed by atoms with Gasteiger partial charge < -0.3 is 0 Å². The van der Waals surface area contributed by atoms with E-state index in [9.17, 15) is 8.42 Å². The number of nitrogens with zero attached hydrogens (tertiary/aromatic N) is 1. The van der Waals surface area contributed by atoms with E-state index in [2.05, 4.69) is 0 Å². The molecule has 23 heavy (non-hydrogen) atoms. The fourth-order valence-electron chi connectivity index (χ4n) is 1.92. The van der Waals surface area contributed by atoms with Gasteiger partial charge in [-0.1, -0.05) is 35.9 Å². The fourth-order valence-corrected chi connectivity index (χ4v) is 3.32. The van der Waals surface area contributed by atoms with Crippen LogP contribution in [0.5, 0.6) is 0 Å². The van der Waals surface area contributed by atoms with E-state index >= 15 is 0 Å². The molecule has 0 saturated carbocycles. The Kier molecular flexibility index (Phi) is 6.30. The van der Waals surface area contributed by atoms with E-state index in [-0.39, 0.29) is 0 Å². The van der Waals surface area contributed by atoms with E-state index in [1.165, 1.54) is 9.71 Å². The molecule has 0 saturated heterocycles. The van der Waals surface area contributed by atoms with E-state index in [4.69, 9.17) is 11.6 Å². The summed E-state index contributed by atoms with van der Waals surface area (Å²) in [5.41, 5.74) is 1.74. The van der Waals surface area contributed by atoms with Crippen LogP contribution >= 0.6 is 23.4 Å². The van der Waals surface area contributed by atoms with Crippen LogP contribution in [0.4, 0.5) is 0 Å². The van der Waals surface area contributed by atoms with Crippen molar-refractivity contribution in [2.75, 3.05) is 13.3 Å². The van der Waals surface area contributed by atoms with Crippen molar-refractivity contribution in [2.45, 2.75) is 11.4 Å². The number of benzene rings is 2. The fraction of sp³-hybridized carbons (Fsp3) is 0.176. The Hall–Kier alpha value is -1.27. The predicted octanol–water partition coefficient (Wildman–Crippen LogP) is 4.49. The molecule has 0 aliphatic heterocycles. The molecule has 0 heterocycles. The molecule has 2 aromatic rings. The highest BCUT2D eigenvalue weighted by Crippen LogP contribution is 2.17. The van der Waals surface area contributed by atoms with Gasteiger partial charge in [-0.25, -0.2) is 8.42 Å². The van der Waals surface area contributed by atoms with Gasteiger partial charge in [-0.15, -0.1) is 11.8 Å². The minimum Gasteiger partial charge on any atom is -0.208 e. The third-order valence-electron chi connectivity index (χ3n) is 3.30. The normalized spacial score (nSPS) is 12.2. The monoisotopic (exact) mass is 367 g/mol. The lowest BCUT2D eigenvalue weighted by molar-refractivity contribution is 0.475. The van der Waals surface area contributed by atoms with Gasteiger partial charge in [0.15, 0.2) is 0 Å². The first-order chi connectivity index (χ1) is 10.9. The quantitative estimate of drug-likeness (QED) is 0.705. The van der Waals surface area contributed by atoms with Crippen molar-refractivity contribution in [2.24, 2.45) is 0 Å². The third-order valence-corrected chi connectivity index (χ3v) is 5.77. The van der Waals surface area contributed by atoms with Crippen LogP contribution in [0.2, 0.25) is 5.02 Å². The molecule has 0 aliphatic carbocycles. The summed E-state index contributed by atoms with van der Waals surface area (Å²) >= 11 is 7.47. The summed E-state index contributed by atoms with van der Waals surface area (Å²) in [6.45, 7) is 0.335. The average molecular weight is 368 g/mol. The summed E-state index contributed by atoms with van der Waals surface area (Å²) in [7, 11) is -1.89. The zero-order valence-corrected chi connectivity index (χ0v) is 15.3. The molecule has 0 N–H and O–H groups in total. The van der Waals surface area contributed by atoms with Crippen molar-refractivity contribution >= 4 is 39.5 Å². The summed E-state index contributed by atoms with van der Waals surface area (Å²) in [6.07, 6.45) is 3.58. The number of thioether (sulfide) groups is 1. The van der Waals surface area contributed by atoms with Gasteiger partial charge in [0.25, 0.3) is 0 Å². The maximum absolute atomic E-state index is 12.3. The number of rotatable bonds is 6. The second-order valence-electron chi connectivity index (χ2n) is 5.00. The van der Waals surface area contributed by atoms with Crippen molar-refractivity contribution in [1.82, 2.24) is 4.31 Å². The molecule has 0 radical (unpaired) electrons. The topological polar surface area (TPSA) is 37.4 Å². The lowest BCUT2D eigenvalue weighted by atomic mass is 10.2. The number of hydrogen-bond acceptors (Lipinski definition) is 3. The van der Waals surface area contributed by atoms with Gasteiger partial charge in [0.05, 0.1) is 0 Å². The Bertz CT molecular complexity index is 769. The largest absolute Gasteiger partial charge is 0.236 e. The molecule has 0 atom stereocenters. The zero-order valence-electron chi connectivity index (χ0n) is 12.9. The highest BCUT2D eigenvalue weighted by Gasteiger charge is 2.14. The van der Waals surface area contributed by atoms with Crippen LogP contribution in [0.25, 0.3) is 6.08 Å². The van der Waals surface area contributed by atoms with Crippen LogP contribution in [-0.4, -0.2) is 26.0 Å². The summed E-state index contributed by atoms with van der Waals surface area (Å²) in [6, 6.07) is 14.9. The SMILES string of the molecule is CSc1ccc(CN(C)S(=O)(=O)/C=C/c2ccc(Cl)cc2)cc1. The highest BCUT2D eigenvalue weighted by atomic mass is 35.5. The van der Waals surface area contributed by atoms with E-state index < -0.39 is 10.0 Å². The van der Waals surface area contributed by atoms with Crippen LogP contribution in [0.3, 0.4) is 0 Å². The van der Waals surface area contributed by atoms with Crippen molar-refractivity contribution in [1.29, 1.82) is 0 Å². The number of sulfonamides is 1. The first-order valence-corrected chi connectivity index (χ1v) is 10.0. The highest BCUT2D eigenvalue weighted by molar-refractivity contribution is 7.98. The third kappa shape index (κ3) is 5.39. The van der Waals surface area contributed by atoms with Crippen LogP contribution in [-0.2, 0) is 16.6 Å². The number of hydrogen-bond donors (Lipinski definition) is 0. The lowest BCUT2D eigenvalue weighted by Crippen LogP contribution is -2.24. The Labute approximate surface area is 147 Å². The van der Waals surface area contributed by atoms with Crippen LogP contribution in [0.15, 0.2) is 58.8 Å². The molecule has 0 unspecified atom stereocenters. The van der Waals surface area contributed by atoms with Gasteiger partial charge in [0.2, 0.25) is 10.0 Å².